The molecule has 1 saturated heterocycles. The van der Waals surface area contributed by atoms with Crippen molar-refractivity contribution in [2.24, 2.45) is 0 Å². The molecule has 4 nitrogen and oxygen atoms in total. The highest BCUT2D eigenvalue weighted by Gasteiger charge is 2.28. The van der Waals surface area contributed by atoms with E-state index in [4.69, 9.17) is 0 Å². The predicted octanol–water partition coefficient (Wildman–Crippen LogP) is 1.50. The van der Waals surface area contributed by atoms with Gasteiger partial charge < -0.3 is 10.2 Å². The van der Waals surface area contributed by atoms with Crippen molar-refractivity contribution in [1.29, 1.82) is 0 Å². The van der Waals surface area contributed by atoms with E-state index in [0.717, 1.165) is 31.7 Å². The van der Waals surface area contributed by atoms with Gasteiger partial charge in [0.05, 0.1) is 6.42 Å². The average molecular weight is 272 g/mol. The third kappa shape index (κ3) is 2.75. The standard InChI is InChI=1S/C16H20N2O2/c19-14-4-5-15(16(20)11-14)12-2-1-3-13(10-12)18-8-6-17-7-9-18/h1-3,10,15,17H,4-9,11H2. The van der Waals surface area contributed by atoms with Gasteiger partial charge in [0.1, 0.15) is 11.6 Å². The second kappa shape index (κ2) is 5.75. The topological polar surface area (TPSA) is 49.4 Å². The lowest BCUT2D eigenvalue weighted by atomic mass is 9.82. The van der Waals surface area contributed by atoms with Crippen molar-refractivity contribution < 1.29 is 9.59 Å². The second-order valence-electron chi connectivity index (χ2n) is 5.61. The van der Waals surface area contributed by atoms with Gasteiger partial charge >= 0.3 is 0 Å². The van der Waals surface area contributed by atoms with Crippen LogP contribution in [0.25, 0.3) is 0 Å². The first-order valence-corrected chi connectivity index (χ1v) is 7.34. The second-order valence-corrected chi connectivity index (χ2v) is 5.61. The monoisotopic (exact) mass is 272 g/mol. The Morgan fingerprint density at radius 2 is 1.95 bits per heavy atom. The molecule has 0 aromatic heterocycles. The van der Waals surface area contributed by atoms with Crippen molar-refractivity contribution in [2.45, 2.75) is 25.2 Å². The van der Waals surface area contributed by atoms with Gasteiger partial charge in [-0.25, -0.2) is 0 Å². The van der Waals surface area contributed by atoms with Gasteiger partial charge in [-0.2, -0.15) is 0 Å². The molecule has 0 spiro atoms. The van der Waals surface area contributed by atoms with Crippen LogP contribution in [0.2, 0.25) is 0 Å². The molecule has 4 heteroatoms. The highest BCUT2D eigenvalue weighted by Crippen LogP contribution is 2.30. The van der Waals surface area contributed by atoms with Gasteiger partial charge in [-0.1, -0.05) is 12.1 Å². The van der Waals surface area contributed by atoms with E-state index in [1.165, 1.54) is 5.69 Å². The summed E-state index contributed by atoms with van der Waals surface area (Å²) in [5.74, 6) is 0.0822. The number of nitrogens with zero attached hydrogens (tertiary/aromatic N) is 1. The number of nitrogens with one attached hydrogen (secondary N) is 1. The molecule has 1 N–H and O–H groups in total. The Labute approximate surface area is 119 Å². The molecular formula is C16H20N2O2. The van der Waals surface area contributed by atoms with Gasteiger partial charge in [0, 0.05) is 44.2 Å². The van der Waals surface area contributed by atoms with Gasteiger partial charge in [-0.15, -0.1) is 0 Å². The molecule has 1 aliphatic carbocycles. The third-order valence-electron chi connectivity index (χ3n) is 4.23. The highest BCUT2D eigenvalue weighted by molar-refractivity contribution is 6.04. The van der Waals surface area contributed by atoms with E-state index < -0.39 is 0 Å². The number of hydrogen-bond acceptors (Lipinski definition) is 4. The Kier molecular flexibility index (Phi) is 3.83. The van der Waals surface area contributed by atoms with Crippen molar-refractivity contribution >= 4 is 17.3 Å². The summed E-state index contributed by atoms with van der Waals surface area (Å²) >= 11 is 0. The van der Waals surface area contributed by atoms with E-state index in [1.807, 2.05) is 12.1 Å². The lowest BCUT2D eigenvalue weighted by Crippen LogP contribution is -2.43. The molecule has 1 heterocycles. The third-order valence-corrected chi connectivity index (χ3v) is 4.23. The van der Waals surface area contributed by atoms with Crippen LogP contribution in [-0.4, -0.2) is 37.7 Å². The minimum absolute atomic E-state index is 0.0821. The number of ketones is 2. The molecule has 1 saturated carbocycles. The van der Waals surface area contributed by atoms with E-state index in [1.54, 1.807) is 0 Å². The number of benzene rings is 1. The summed E-state index contributed by atoms with van der Waals surface area (Å²) in [6, 6.07) is 8.28. The first kappa shape index (κ1) is 13.3. The van der Waals surface area contributed by atoms with Gasteiger partial charge in [-0.05, 0) is 24.1 Å². The fourth-order valence-electron chi connectivity index (χ4n) is 3.09. The number of piperazine rings is 1. The molecule has 106 valence electrons. The number of carbonyl (C=O) groups is 2. The minimum atomic E-state index is -0.0874. The summed E-state index contributed by atoms with van der Waals surface area (Å²) in [5.41, 5.74) is 2.26. The van der Waals surface area contributed by atoms with Crippen LogP contribution >= 0.6 is 0 Å². The lowest BCUT2D eigenvalue weighted by molar-refractivity contribution is -0.130. The molecule has 1 aliphatic heterocycles. The summed E-state index contributed by atoms with van der Waals surface area (Å²) in [5, 5.41) is 3.34. The molecule has 0 radical (unpaired) electrons. The zero-order chi connectivity index (χ0) is 13.9. The van der Waals surface area contributed by atoms with Crippen LogP contribution in [0, 0.1) is 0 Å². The van der Waals surface area contributed by atoms with Crippen molar-refractivity contribution in [1.82, 2.24) is 5.32 Å². The van der Waals surface area contributed by atoms with Crippen LogP contribution in [0.4, 0.5) is 5.69 Å². The highest BCUT2D eigenvalue weighted by atomic mass is 16.1. The zero-order valence-electron chi connectivity index (χ0n) is 11.6. The number of anilines is 1. The molecule has 1 aromatic carbocycles. The SMILES string of the molecule is O=C1CCC(c2cccc(N3CCNCC3)c2)C(=O)C1. The van der Waals surface area contributed by atoms with Crippen LogP contribution in [0.3, 0.4) is 0 Å². The van der Waals surface area contributed by atoms with Crippen LogP contribution in [0.5, 0.6) is 0 Å². The van der Waals surface area contributed by atoms with Gasteiger partial charge in [0.15, 0.2) is 0 Å². The number of hydrogen-bond donors (Lipinski definition) is 1. The molecule has 20 heavy (non-hydrogen) atoms. The maximum Gasteiger partial charge on any atom is 0.147 e. The Bertz CT molecular complexity index is 521. The summed E-state index contributed by atoms with van der Waals surface area (Å²) in [6.45, 7) is 4.00. The number of Topliss-reactive ketones (excluding diaryl/α,β-unsaturated/α-hetero) is 2. The molecule has 1 atom stereocenters. The molecule has 1 unspecified atom stereocenters. The summed E-state index contributed by atoms with van der Waals surface area (Å²) in [6.07, 6.45) is 1.32. The first-order valence-electron chi connectivity index (χ1n) is 7.34. The number of rotatable bonds is 2. The van der Waals surface area contributed by atoms with Crippen molar-refractivity contribution in [3.63, 3.8) is 0 Å². The summed E-state index contributed by atoms with van der Waals surface area (Å²) < 4.78 is 0. The molecule has 0 bridgehead atoms. The van der Waals surface area contributed by atoms with Crippen molar-refractivity contribution in [3.8, 4) is 0 Å². The van der Waals surface area contributed by atoms with Crippen LogP contribution < -0.4 is 10.2 Å². The van der Waals surface area contributed by atoms with Gasteiger partial charge in [-0.3, -0.25) is 9.59 Å². The molecule has 2 aliphatic rings. The molecule has 0 amide bonds. The quantitative estimate of drug-likeness (QED) is 0.829. The zero-order valence-corrected chi connectivity index (χ0v) is 11.6. The minimum Gasteiger partial charge on any atom is -0.369 e. The predicted molar refractivity (Wildman–Crippen MR) is 78.1 cm³/mol. The Morgan fingerprint density at radius 1 is 1.15 bits per heavy atom. The lowest BCUT2D eigenvalue weighted by Gasteiger charge is -2.30. The van der Waals surface area contributed by atoms with Crippen LogP contribution in [0.1, 0.15) is 30.7 Å². The maximum atomic E-state index is 12.0. The smallest absolute Gasteiger partial charge is 0.147 e. The van der Waals surface area contributed by atoms with Crippen molar-refractivity contribution in [3.05, 3.63) is 29.8 Å². The molecular weight excluding hydrogens is 252 g/mol. The van der Waals surface area contributed by atoms with Crippen molar-refractivity contribution in [2.75, 3.05) is 31.1 Å². The molecule has 1 aromatic rings. The summed E-state index contributed by atoms with van der Waals surface area (Å²) in [7, 11) is 0. The molecule has 2 fully saturated rings. The van der Waals surface area contributed by atoms with E-state index in [9.17, 15) is 9.59 Å². The van der Waals surface area contributed by atoms with E-state index in [2.05, 4.69) is 22.3 Å². The molecule has 3 rings (SSSR count). The Balaban J connectivity index is 1.80. The summed E-state index contributed by atoms with van der Waals surface area (Å²) in [4.78, 5) is 25.7. The van der Waals surface area contributed by atoms with E-state index >= 15 is 0 Å². The van der Waals surface area contributed by atoms with Gasteiger partial charge in [0.25, 0.3) is 0 Å². The number of carbonyl (C=O) groups excluding carboxylic acids is 2. The largest absolute Gasteiger partial charge is 0.369 e. The fraction of sp³-hybridized carbons (Fsp3) is 0.500. The van der Waals surface area contributed by atoms with E-state index in [0.29, 0.717) is 12.8 Å². The van der Waals surface area contributed by atoms with E-state index in [-0.39, 0.29) is 23.9 Å². The van der Waals surface area contributed by atoms with Crippen LogP contribution in [0.15, 0.2) is 24.3 Å². The Morgan fingerprint density at radius 3 is 2.70 bits per heavy atom. The fourth-order valence-corrected chi connectivity index (χ4v) is 3.09. The maximum absolute atomic E-state index is 12.0. The van der Waals surface area contributed by atoms with Crippen LogP contribution in [-0.2, 0) is 9.59 Å². The van der Waals surface area contributed by atoms with Gasteiger partial charge in [0.2, 0.25) is 0 Å². The average Bonchev–Trinajstić information content (AvgIpc) is 2.48. The Hall–Kier alpha value is -1.68. The first-order chi connectivity index (χ1) is 9.74. The normalized spacial score (nSPS) is 24.0.